The number of rotatable bonds is 5. The minimum atomic E-state index is -1.36. The fraction of sp³-hybridized carbons (Fsp3) is 0.281. The van der Waals surface area contributed by atoms with Crippen molar-refractivity contribution in [2.75, 3.05) is 0 Å². The molecule has 2 nitrogen and oxygen atoms in total. The van der Waals surface area contributed by atoms with Crippen LogP contribution in [0, 0.1) is 5.92 Å². The first kappa shape index (κ1) is 19.0. The molecule has 3 aromatic carbocycles. The molecule has 34 heavy (non-hydrogen) atoms. The lowest BCUT2D eigenvalue weighted by Gasteiger charge is -2.27. The van der Waals surface area contributed by atoms with Gasteiger partial charge in [0.2, 0.25) is 0 Å². The molecule has 0 N–H and O–H groups in total. The van der Waals surface area contributed by atoms with Crippen LogP contribution in [-0.2, 0) is 11.8 Å². The van der Waals surface area contributed by atoms with Gasteiger partial charge in [0.15, 0.2) is 0 Å². The summed E-state index contributed by atoms with van der Waals surface area (Å²) in [5, 5.41) is 2.19. The number of hydrogen-bond acceptors (Lipinski definition) is 2. The minimum Gasteiger partial charge on any atom is -0.455 e. The first-order valence-corrected chi connectivity index (χ1v) is 12.3. The van der Waals surface area contributed by atoms with Gasteiger partial charge in [0.05, 0.1) is 5.69 Å². The second kappa shape index (κ2) is 8.43. The molecule has 1 saturated carbocycles. The Hall–Kier alpha value is -3.39. The summed E-state index contributed by atoms with van der Waals surface area (Å²) in [6, 6.07) is 26.8. The fourth-order valence-electron chi connectivity index (χ4n) is 5.53. The molecule has 2 heteroatoms. The highest BCUT2D eigenvalue weighted by atomic mass is 16.3. The van der Waals surface area contributed by atoms with Gasteiger partial charge in [-0.25, -0.2) is 0 Å². The van der Waals surface area contributed by atoms with E-state index in [1.54, 1.807) is 6.20 Å². The van der Waals surface area contributed by atoms with Crippen LogP contribution >= 0.6 is 0 Å². The molecule has 0 amide bonds. The van der Waals surface area contributed by atoms with Crippen molar-refractivity contribution in [1.29, 1.82) is 0 Å². The standard InChI is InChI=1S/C32H31NO/c1-32(2,24-12-4-3-5-13-24)27-17-16-25(31-30(27)26-14-8-9-15-29(26)34-31)28-21-23(18-19-33-28)20-22-10-6-7-11-22/h3-5,8-9,12-19,21-22H,6-7,10-11,20H2,1-2H3/i20D2. The molecule has 0 unspecified atom stereocenters. The first-order chi connectivity index (χ1) is 17.4. The molecule has 1 aliphatic carbocycles. The van der Waals surface area contributed by atoms with E-state index in [-0.39, 0.29) is 11.3 Å². The lowest BCUT2D eigenvalue weighted by atomic mass is 9.76. The third-order valence-electron chi connectivity index (χ3n) is 7.46. The van der Waals surface area contributed by atoms with E-state index in [1.165, 1.54) is 11.1 Å². The molecule has 0 bridgehead atoms. The Morgan fingerprint density at radius 1 is 0.941 bits per heavy atom. The molecule has 0 aliphatic heterocycles. The Morgan fingerprint density at radius 3 is 2.53 bits per heavy atom. The van der Waals surface area contributed by atoms with E-state index in [0.29, 0.717) is 5.56 Å². The number of pyridine rings is 1. The summed E-state index contributed by atoms with van der Waals surface area (Å²) in [5.41, 5.74) is 6.23. The van der Waals surface area contributed by atoms with Gasteiger partial charge in [-0.05, 0) is 53.2 Å². The van der Waals surface area contributed by atoms with Gasteiger partial charge >= 0.3 is 0 Å². The lowest BCUT2D eigenvalue weighted by Crippen LogP contribution is -2.19. The van der Waals surface area contributed by atoms with Crippen molar-refractivity contribution >= 4 is 21.9 Å². The average Bonchev–Trinajstić information content (AvgIpc) is 3.58. The van der Waals surface area contributed by atoms with E-state index < -0.39 is 6.37 Å². The van der Waals surface area contributed by atoms with Gasteiger partial charge in [0.1, 0.15) is 11.2 Å². The largest absolute Gasteiger partial charge is 0.455 e. The van der Waals surface area contributed by atoms with Crippen molar-refractivity contribution < 1.29 is 7.16 Å². The quantitative estimate of drug-likeness (QED) is 0.269. The van der Waals surface area contributed by atoms with E-state index in [1.807, 2.05) is 30.3 Å². The summed E-state index contributed by atoms with van der Waals surface area (Å²) in [5.74, 6) is 0.0630. The second-order valence-corrected chi connectivity index (χ2v) is 10.0. The van der Waals surface area contributed by atoms with Crippen molar-refractivity contribution in [3.8, 4) is 11.3 Å². The number of hydrogen-bond donors (Lipinski definition) is 0. The van der Waals surface area contributed by atoms with Crippen LogP contribution in [0.3, 0.4) is 0 Å². The summed E-state index contributed by atoms with van der Waals surface area (Å²) in [6.45, 7) is 4.52. The van der Waals surface area contributed by atoms with Gasteiger partial charge in [-0.3, -0.25) is 4.98 Å². The van der Waals surface area contributed by atoms with Crippen molar-refractivity contribution in [3.05, 3.63) is 102 Å². The molecule has 1 fully saturated rings. The second-order valence-electron chi connectivity index (χ2n) is 10.0. The molecular formula is C32H31NO. The van der Waals surface area contributed by atoms with Crippen molar-refractivity contribution in [2.45, 2.75) is 51.3 Å². The summed E-state index contributed by atoms with van der Waals surface area (Å²) < 4.78 is 24.3. The van der Waals surface area contributed by atoms with Crippen molar-refractivity contribution in [1.82, 2.24) is 4.98 Å². The maximum atomic E-state index is 8.90. The van der Waals surface area contributed by atoms with Gasteiger partial charge in [-0.15, -0.1) is 0 Å². The highest BCUT2D eigenvalue weighted by Gasteiger charge is 2.28. The molecule has 0 atom stereocenters. The van der Waals surface area contributed by atoms with Crippen LogP contribution in [0.25, 0.3) is 33.2 Å². The fourth-order valence-corrected chi connectivity index (χ4v) is 5.53. The van der Waals surface area contributed by atoms with Crippen molar-refractivity contribution in [3.63, 3.8) is 0 Å². The molecular weight excluding hydrogens is 414 g/mol. The van der Waals surface area contributed by atoms with Crippen molar-refractivity contribution in [2.24, 2.45) is 5.92 Å². The van der Waals surface area contributed by atoms with Gasteiger partial charge in [0.25, 0.3) is 0 Å². The first-order valence-electron chi connectivity index (χ1n) is 13.3. The number of para-hydroxylation sites is 1. The third-order valence-corrected chi connectivity index (χ3v) is 7.46. The number of furan rings is 1. The Bertz CT molecular complexity index is 1550. The lowest BCUT2D eigenvalue weighted by molar-refractivity contribution is 0.546. The van der Waals surface area contributed by atoms with Crippen LogP contribution < -0.4 is 0 Å². The highest BCUT2D eigenvalue weighted by molar-refractivity contribution is 6.11. The molecule has 2 heterocycles. The zero-order valence-corrected chi connectivity index (χ0v) is 19.8. The van der Waals surface area contributed by atoms with E-state index in [4.69, 9.17) is 12.1 Å². The maximum Gasteiger partial charge on any atom is 0.145 e. The van der Waals surface area contributed by atoms with Gasteiger partial charge in [0, 0.05) is 30.7 Å². The van der Waals surface area contributed by atoms with E-state index in [9.17, 15) is 0 Å². The van der Waals surface area contributed by atoms with E-state index >= 15 is 0 Å². The topological polar surface area (TPSA) is 26.0 Å². The van der Waals surface area contributed by atoms with Crippen LogP contribution in [-0.4, -0.2) is 4.98 Å². The molecule has 0 spiro atoms. The molecule has 0 saturated heterocycles. The summed E-state index contributed by atoms with van der Waals surface area (Å²) in [4.78, 5) is 4.69. The predicted molar refractivity (Wildman–Crippen MR) is 141 cm³/mol. The Labute approximate surface area is 204 Å². The van der Waals surface area contributed by atoms with Crippen LogP contribution in [0.2, 0.25) is 0 Å². The Kier molecular flexibility index (Phi) is 4.71. The number of aromatic nitrogens is 1. The van der Waals surface area contributed by atoms with Crippen LogP contribution in [0.4, 0.5) is 0 Å². The average molecular weight is 448 g/mol. The zero-order chi connectivity index (χ0) is 24.9. The molecule has 170 valence electrons. The number of fused-ring (bicyclic) bond motifs is 3. The summed E-state index contributed by atoms with van der Waals surface area (Å²) in [7, 11) is 0. The Morgan fingerprint density at radius 2 is 1.71 bits per heavy atom. The molecule has 2 aromatic heterocycles. The zero-order valence-electron chi connectivity index (χ0n) is 21.8. The smallest absolute Gasteiger partial charge is 0.145 e. The highest BCUT2D eigenvalue weighted by Crippen LogP contribution is 2.43. The number of benzene rings is 3. The van der Waals surface area contributed by atoms with Gasteiger partial charge in [-0.2, -0.15) is 0 Å². The molecule has 0 radical (unpaired) electrons. The molecule has 5 aromatic rings. The third kappa shape index (κ3) is 3.62. The summed E-state index contributed by atoms with van der Waals surface area (Å²) in [6.07, 6.45) is 4.49. The van der Waals surface area contributed by atoms with Crippen LogP contribution in [0.1, 0.15) is 59.0 Å². The maximum absolute atomic E-state index is 8.90. The molecule has 6 rings (SSSR count). The minimum absolute atomic E-state index is 0.0630. The van der Waals surface area contributed by atoms with Gasteiger partial charge in [-0.1, -0.05) is 94.1 Å². The Balaban J connectivity index is 1.56. The monoisotopic (exact) mass is 447 g/mol. The number of nitrogens with zero attached hydrogens (tertiary/aromatic N) is 1. The van der Waals surface area contributed by atoms with E-state index in [0.717, 1.165) is 58.9 Å². The SMILES string of the molecule is [2H]C([2H])(c1ccnc(-c2ccc(C(C)(C)c3ccccc3)c3c2oc2ccccc23)c1)C1CCCC1. The van der Waals surface area contributed by atoms with Crippen LogP contribution in [0.5, 0.6) is 0 Å². The van der Waals surface area contributed by atoms with Crippen LogP contribution in [0.15, 0.2) is 89.5 Å². The predicted octanol–water partition coefficient (Wildman–Crippen LogP) is 8.71. The van der Waals surface area contributed by atoms with E-state index in [2.05, 4.69) is 62.4 Å². The van der Waals surface area contributed by atoms with Gasteiger partial charge < -0.3 is 4.42 Å². The summed E-state index contributed by atoms with van der Waals surface area (Å²) >= 11 is 0. The molecule has 1 aliphatic rings. The normalized spacial score (nSPS) is 16.2.